The van der Waals surface area contributed by atoms with E-state index in [1.54, 1.807) is 6.33 Å². The van der Waals surface area contributed by atoms with Crippen LogP contribution >= 0.6 is 11.6 Å². The van der Waals surface area contributed by atoms with Crippen LogP contribution in [0.15, 0.2) is 12.5 Å². The molecule has 4 rings (SSSR count). The summed E-state index contributed by atoms with van der Waals surface area (Å²) in [6.45, 7) is 6.33. The second-order valence-corrected chi connectivity index (χ2v) is 7.55. The van der Waals surface area contributed by atoms with E-state index in [-0.39, 0.29) is 6.04 Å². The van der Waals surface area contributed by atoms with Gasteiger partial charge in [0.15, 0.2) is 22.1 Å². The fourth-order valence-corrected chi connectivity index (χ4v) is 3.23. The van der Waals surface area contributed by atoms with Gasteiger partial charge in [-0.1, -0.05) is 11.6 Å². The predicted molar refractivity (Wildman–Crippen MR) is 103 cm³/mol. The van der Waals surface area contributed by atoms with Gasteiger partial charge in [0.1, 0.15) is 0 Å². The van der Waals surface area contributed by atoms with Crippen molar-refractivity contribution >= 4 is 40.2 Å². The van der Waals surface area contributed by atoms with Gasteiger partial charge in [0.25, 0.3) is 0 Å². The van der Waals surface area contributed by atoms with Crippen LogP contribution in [0.25, 0.3) is 11.2 Å². The molecular formula is C17H23ClN8. The van der Waals surface area contributed by atoms with E-state index in [1.165, 1.54) is 12.8 Å². The summed E-state index contributed by atoms with van der Waals surface area (Å²) in [4.78, 5) is 18.9. The zero-order valence-electron chi connectivity index (χ0n) is 15.4. The van der Waals surface area contributed by atoms with Crippen molar-refractivity contribution in [2.24, 2.45) is 5.92 Å². The number of fused-ring (bicyclic) bond motifs is 1. The summed E-state index contributed by atoms with van der Waals surface area (Å²) in [7, 11) is 2.06. The van der Waals surface area contributed by atoms with Crippen LogP contribution in [0.4, 0.5) is 17.5 Å². The molecule has 0 bridgehead atoms. The lowest BCUT2D eigenvalue weighted by Gasteiger charge is -2.26. The van der Waals surface area contributed by atoms with Gasteiger partial charge in [-0.15, -0.1) is 0 Å². The number of rotatable bonds is 6. The van der Waals surface area contributed by atoms with Gasteiger partial charge in [-0.25, -0.2) is 4.98 Å². The number of hydrogen-bond acceptors (Lipinski definition) is 6. The summed E-state index contributed by atoms with van der Waals surface area (Å²) in [5.74, 6) is 2.00. The van der Waals surface area contributed by atoms with Crippen LogP contribution in [0, 0.1) is 5.92 Å². The van der Waals surface area contributed by atoms with Crippen molar-refractivity contribution in [2.45, 2.75) is 45.7 Å². The normalized spacial score (nSPS) is 15.6. The van der Waals surface area contributed by atoms with Gasteiger partial charge in [0, 0.05) is 19.1 Å². The molecule has 1 aliphatic rings. The molecular weight excluding hydrogens is 352 g/mol. The molecule has 1 aliphatic carbocycles. The average Bonchev–Trinajstić information content (AvgIpc) is 3.24. The van der Waals surface area contributed by atoms with E-state index in [2.05, 4.69) is 44.2 Å². The van der Waals surface area contributed by atoms with Crippen LogP contribution in [0.2, 0.25) is 5.15 Å². The molecule has 8 nitrogen and oxygen atoms in total. The van der Waals surface area contributed by atoms with Crippen molar-refractivity contribution in [1.82, 2.24) is 29.7 Å². The van der Waals surface area contributed by atoms with Gasteiger partial charge < -0.3 is 15.2 Å². The molecule has 0 radical (unpaired) electrons. The highest BCUT2D eigenvalue weighted by atomic mass is 35.5. The van der Waals surface area contributed by atoms with Gasteiger partial charge in [0.05, 0.1) is 18.2 Å². The minimum atomic E-state index is 0.222. The Balaban J connectivity index is 1.69. The number of hydrogen-bond donors (Lipinski definition) is 2. The molecule has 3 aromatic rings. The Morgan fingerprint density at radius 1 is 1.31 bits per heavy atom. The molecule has 9 heteroatoms. The van der Waals surface area contributed by atoms with Crippen molar-refractivity contribution < 1.29 is 0 Å². The Hall–Kier alpha value is -2.35. The van der Waals surface area contributed by atoms with Crippen molar-refractivity contribution in [3.8, 4) is 0 Å². The topological polar surface area (TPSA) is 87.5 Å². The molecule has 0 aromatic carbocycles. The number of nitrogens with one attached hydrogen (secondary N) is 2. The fourth-order valence-electron chi connectivity index (χ4n) is 3.05. The largest absolute Gasteiger partial charge is 0.355 e. The van der Waals surface area contributed by atoms with E-state index >= 15 is 0 Å². The molecule has 26 heavy (non-hydrogen) atoms. The van der Waals surface area contributed by atoms with Crippen LogP contribution < -0.4 is 10.2 Å². The Morgan fingerprint density at radius 2 is 2.08 bits per heavy atom. The van der Waals surface area contributed by atoms with Gasteiger partial charge in [0.2, 0.25) is 5.95 Å². The maximum atomic E-state index is 6.26. The van der Waals surface area contributed by atoms with Gasteiger partial charge in [-0.3, -0.25) is 4.68 Å². The average molecular weight is 375 g/mol. The minimum Gasteiger partial charge on any atom is -0.355 e. The van der Waals surface area contributed by atoms with Crippen LogP contribution in [-0.4, -0.2) is 42.8 Å². The third-order valence-electron chi connectivity index (χ3n) is 4.97. The number of H-pyrrole nitrogens is 1. The third-order valence-corrected chi connectivity index (χ3v) is 5.25. The lowest BCUT2D eigenvalue weighted by atomic mass is 10.2. The highest BCUT2D eigenvalue weighted by molar-refractivity contribution is 6.32. The minimum absolute atomic E-state index is 0.222. The van der Waals surface area contributed by atoms with Crippen molar-refractivity contribution in [3.63, 3.8) is 0 Å². The third kappa shape index (κ3) is 3.09. The van der Waals surface area contributed by atoms with Gasteiger partial charge >= 0.3 is 0 Å². The molecule has 1 saturated carbocycles. The standard InChI is InChI=1S/C17H23ClN8/c1-9(2)26-7-12(14(18)24-26)21-17-22-15-13(19-8-20-15)16(23-17)25(4)10(3)11-5-6-11/h7-11H,5-6H2,1-4H3,(H2,19,20,21,22,23). The Bertz CT molecular complexity index is 926. The molecule has 138 valence electrons. The van der Waals surface area contributed by atoms with Crippen molar-refractivity contribution in [1.29, 1.82) is 0 Å². The first-order valence-electron chi connectivity index (χ1n) is 8.89. The van der Waals surface area contributed by atoms with E-state index in [0.717, 1.165) is 17.3 Å². The fraction of sp³-hybridized carbons (Fsp3) is 0.529. The molecule has 3 aromatic heterocycles. The molecule has 1 atom stereocenters. The number of imidazole rings is 1. The molecule has 0 spiro atoms. The number of anilines is 3. The maximum Gasteiger partial charge on any atom is 0.231 e. The smallest absolute Gasteiger partial charge is 0.231 e. The summed E-state index contributed by atoms with van der Waals surface area (Å²) in [6.07, 6.45) is 6.06. The summed E-state index contributed by atoms with van der Waals surface area (Å²) < 4.78 is 1.81. The monoisotopic (exact) mass is 374 g/mol. The summed E-state index contributed by atoms with van der Waals surface area (Å²) in [5.41, 5.74) is 2.15. The van der Waals surface area contributed by atoms with Crippen LogP contribution in [0.3, 0.4) is 0 Å². The quantitative estimate of drug-likeness (QED) is 0.683. The number of nitrogens with zero attached hydrogens (tertiary/aromatic N) is 6. The highest BCUT2D eigenvalue weighted by Gasteiger charge is 2.32. The predicted octanol–water partition coefficient (Wildman–Crippen LogP) is 3.76. The van der Waals surface area contributed by atoms with E-state index in [4.69, 9.17) is 16.6 Å². The second-order valence-electron chi connectivity index (χ2n) is 7.19. The van der Waals surface area contributed by atoms with Crippen LogP contribution in [-0.2, 0) is 0 Å². The van der Waals surface area contributed by atoms with E-state index in [1.807, 2.05) is 24.7 Å². The molecule has 0 amide bonds. The second kappa shape index (κ2) is 6.42. The maximum absolute atomic E-state index is 6.26. The summed E-state index contributed by atoms with van der Waals surface area (Å²) in [6, 6.07) is 0.630. The van der Waals surface area contributed by atoms with Crippen molar-refractivity contribution in [3.05, 3.63) is 17.7 Å². The lowest BCUT2D eigenvalue weighted by Crippen LogP contribution is -2.31. The van der Waals surface area contributed by atoms with Crippen molar-refractivity contribution in [2.75, 3.05) is 17.3 Å². The summed E-state index contributed by atoms with van der Waals surface area (Å²) in [5, 5.41) is 7.90. The SMILES string of the molecule is CC(C1CC1)N(C)c1nc(Nc2cn(C(C)C)nc2Cl)nc2[nH]cnc12. The molecule has 3 heterocycles. The van der Waals surface area contributed by atoms with E-state index in [0.29, 0.717) is 28.5 Å². The van der Waals surface area contributed by atoms with E-state index in [9.17, 15) is 0 Å². The van der Waals surface area contributed by atoms with Crippen LogP contribution in [0.5, 0.6) is 0 Å². The van der Waals surface area contributed by atoms with Gasteiger partial charge in [-0.05, 0) is 39.5 Å². The number of aromatic amines is 1. The molecule has 1 unspecified atom stereocenters. The van der Waals surface area contributed by atoms with Gasteiger partial charge in [-0.2, -0.15) is 15.1 Å². The highest BCUT2D eigenvalue weighted by Crippen LogP contribution is 2.37. The zero-order valence-corrected chi connectivity index (χ0v) is 16.1. The first-order valence-corrected chi connectivity index (χ1v) is 9.27. The van der Waals surface area contributed by atoms with Crippen LogP contribution in [0.1, 0.15) is 39.7 Å². The number of aromatic nitrogens is 6. The zero-order chi connectivity index (χ0) is 18.4. The first-order chi connectivity index (χ1) is 12.4. The summed E-state index contributed by atoms with van der Waals surface area (Å²) >= 11 is 6.26. The lowest BCUT2D eigenvalue weighted by molar-refractivity contribution is 0.533. The molecule has 0 aliphatic heterocycles. The molecule has 2 N–H and O–H groups in total. The molecule has 1 fully saturated rings. The molecule has 0 saturated heterocycles. The first kappa shape index (κ1) is 17.1. The Labute approximate surface area is 157 Å². The van der Waals surface area contributed by atoms with E-state index < -0.39 is 0 Å². The number of halogens is 1. The Morgan fingerprint density at radius 3 is 2.73 bits per heavy atom. The Kier molecular flexibility index (Phi) is 4.22.